The molecule has 2 aliphatic rings. The molecule has 0 radical (unpaired) electrons. The van der Waals surface area contributed by atoms with Crippen LogP contribution in [0.5, 0.6) is 0 Å². The van der Waals surface area contributed by atoms with Crippen LogP contribution in [0.2, 0.25) is 0 Å². The quantitative estimate of drug-likeness (QED) is 0.760. The summed E-state index contributed by atoms with van der Waals surface area (Å²) in [7, 11) is 0. The van der Waals surface area contributed by atoms with Gasteiger partial charge < -0.3 is 15.3 Å². The van der Waals surface area contributed by atoms with Crippen LogP contribution in [-0.4, -0.2) is 28.5 Å². The van der Waals surface area contributed by atoms with Crippen LogP contribution in [0, 0.1) is 0 Å². The number of hydrogen-bond donors (Lipinski definition) is 2. The van der Waals surface area contributed by atoms with E-state index in [4.69, 9.17) is 0 Å². The van der Waals surface area contributed by atoms with Crippen molar-refractivity contribution in [2.75, 3.05) is 10.2 Å². The van der Waals surface area contributed by atoms with E-state index in [0.29, 0.717) is 6.42 Å². The first kappa shape index (κ1) is 16.1. The van der Waals surface area contributed by atoms with E-state index in [1.54, 1.807) is 4.90 Å². The van der Waals surface area contributed by atoms with Gasteiger partial charge in [-0.1, -0.05) is 52.3 Å². The molecule has 1 heterocycles. The third-order valence-electron chi connectivity index (χ3n) is 5.01. The Hall–Kier alpha value is -2.34. The van der Waals surface area contributed by atoms with Gasteiger partial charge in [0.25, 0.3) is 0 Å². The molecule has 2 atom stereocenters. The van der Waals surface area contributed by atoms with Crippen LogP contribution in [0.25, 0.3) is 0 Å². The molecule has 0 spiro atoms. The average molecular weight is 401 g/mol. The monoisotopic (exact) mass is 400 g/mol. The highest BCUT2D eigenvalue weighted by molar-refractivity contribution is 9.09. The van der Waals surface area contributed by atoms with Crippen molar-refractivity contribution in [2.45, 2.75) is 24.9 Å². The molecule has 0 bridgehead atoms. The van der Waals surface area contributed by atoms with Crippen LogP contribution in [0.3, 0.4) is 0 Å². The number of hydrogen-bond acceptors (Lipinski definition) is 2. The van der Waals surface area contributed by atoms with Gasteiger partial charge in [-0.2, -0.15) is 0 Å². The van der Waals surface area contributed by atoms with Crippen molar-refractivity contribution >= 4 is 33.6 Å². The topological polar surface area (TPSA) is 69.6 Å². The number of para-hydroxylation sites is 1. The normalized spacial score (nSPS) is 20.4. The lowest BCUT2D eigenvalue weighted by Gasteiger charge is -2.33. The van der Waals surface area contributed by atoms with Gasteiger partial charge in [0.2, 0.25) is 5.91 Å². The van der Waals surface area contributed by atoms with Crippen molar-refractivity contribution in [1.82, 2.24) is 5.32 Å². The Labute approximate surface area is 153 Å². The molecular weight excluding hydrogens is 384 g/mol. The molecule has 0 fully saturated rings. The second-order valence-corrected chi connectivity index (χ2v) is 6.96. The number of amides is 2. The zero-order chi connectivity index (χ0) is 17.6. The second kappa shape index (κ2) is 6.19. The Bertz CT molecular complexity index is 867. The Balaban J connectivity index is 1.95. The first-order valence-corrected chi connectivity index (χ1v) is 9.28. The van der Waals surface area contributed by atoms with Gasteiger partial charge in [0.1, 0.15) is 0 Å². The zero-order valence-electron chi connectivity index (χ0n) is 13.4. The predicted molar refractivity (Wildman–Crippen MR) is 98.4 cm³/mol. The minimum absolute atomic E-state index is 0.0702. The summed E-state index contributed by atoms with van der Waals surface area (Å²) in [6.07, 6.45) is 0.263. The third-order valence-corrected chi connectivity index (χ3v) is 5.49. The molecule has 4 rings (SSSR count). The highest BCUT2D eigenvalue weighted by atomic mass is 79.9. The number of alkyl halides is 1. The largest absolute Gasteiger partial charge is 0.465 e. The van der Waals surface area contributed by atoms with Crippen molar-refractivity contribution in [3.63, 3.8) is 0 Å². The summed E-state index contributed by atoms with van der Waals surface area (Å²) in [6.45, 7) is 0. The molecule has 0 saturated carbocycles. The number of rotatable bonds is 2. The maximum atomic E-state index is 12.8. The van der Waals surface area contributed by atoms with Crippen molar-refractivity contribution in [3.8, 4) is 0 Å². The van der Waals surface area contributed by atoms with Crippen LogP contribution in [0.4, 0.5) is 10.5 Å². The van der Waals surface area contributed by atoms with E-state index in [9.17, 15) is 14.7 Å². The van der Waals surface area contributed by atoms with E-state index in [1.807, 2.05) is 36.4 Å². The Kier molecular flexibility index (Phi) is 4.00. The van der Waals surface area contributed by atoms with Gasteiger partial charge in [0, 0.05) is 5.69 Å². The van der Waals surface area contributed by atoms with Crippen LogP contribution >= 0.6 is 15.9 Å². The van der Waals surface area contributed by atoms with Gasteiger partial charge >= 0.3 is 6.09 Å². The lowest BCUT2D eigenvalue weighted by atomic mass is 9.97. The maximum absolute atomic E-state index is 12.8. The molecule has 0 unspecified atom stereocenters. The van der Waals surface area contributed by atoms with Crippen LogP contribution in [0.1, 0.15) is 28.3 Å². The fourth-order valence-corrected chi connectivity index (χ4v) is 4.40. The molecule has 2 aromatic rings. The van der Waals surface area contributed by atoms with Crippen molar-refractivity contribution in [1.29, 1.82) is 0 Å². The summed E-state index contributed by atoms with van der Waals surface area (Å²) >= 11 is 3.28. The van der Waals surface area contributed by atoms with Gasteiger partial charge in [-0.05, 0) is 41.2 Å². The first-order valence-electron chi connectivity index (χ1n) is 8.16. The van der Waals surface area contributed by atoms with Crippen LogP contribution in [-0.2, 0) is 17.6 Å². The molecule has 0 saturated heterocycles. The van der Waals surface area contributed by atoms with Crippen molar-refractivity contribution in [3.05, 3.63) is 64.7 Å². The maximum Gasteiger partial charge on any atom is 0.404 e. The number of carbonyl (C=O) groups is 2. The number of fused-ring (bicyclic) bond motifs is 1. The summed E-state index contributed by atoms with van der Waals surface area (Å²) in [6, 6.07) is 13.3. The minimum Gasteiger partial charge on any atom is -0.465 e. The summed E-state index contributed by atoms with van der Waals surface area (Å²) in [5, 5.41) is 12.1. The summed E-state index contributed by atoms with van der Waals surface area (Å²) < 4.78 is 0. The third kappa shape index (κ3) is 2.61. The number of nitrogens with zero attached hydrogens (tertiary/aromatic N) is 1. The highest BCUT2D eigenvalue weighted by Gasteiger charge is 2.43. The summed E-state index contributed by atoms with van der Waals surface area (Å²) in [5.74, 6) is -0.0702. The molecule has 128 valence electrons. The fraction of sp³-hybridized carbons (Fsp3) is 0.263. The molecular formula is C19H17BrN2O3. The minimum atomic E-state index is -1.07. The lowest BCUT2D eigenvalue weighted by Crippen LogP contribution is -2.47. The fourth-order valence-electron chi connectivity index (χ4n) is 4.13. The Morgan fingerprint density at radius 2 is 1.84 bits per heavy atom. The van der Waals surface area contributed by atoms with Crippen LogP contribution in [0.15, 0.2) is 42.5 Å². The van der Waals surface area contributed by atoms with E-state index in [1.165, 1.54) is 0 Å². The highest BCUT2D eigenvalue weighted by Crippen LogP contribution is 2.45. The summed E-state index contributed by atoms with van der Waals surface area (Å²) in [4.78, 5) is 25.9. The molecule has 25 heavy (non-hydrogen) atoms. The Morgan fingerprint density at radius 1 is 1.12 bits per heavy atom. The smallest absolute Gasteiger partial charge is 0.404 e. The summed E-state index contributed by atoms with van der Waals surface area (Å²) in [5.41, 5.74) is 5.30. The molecule has 1 aliphatic carbocycles. The van der Waals surface area contributed by atoms with Gasteiger partial charge in [0.15, 0.2) is 0 Å². The standard InChI is InChI=1S/C19H17BrN2O3/c20-10-16(23)22-15-7-2-1-4-11(15)8-12-5-3-6-13-9-14(21-19(24)25)18(22)17(12)13/h1-7,14,18,21H,8-10H2,(H,24,25)/t14-,18-/m1/s1. The molecule has 6 heteroatoms. The molecule has 5 nitrogen and oxygen atoms in total. The first-order chi connectivity index (χ1) is 12.1. The number of carboxylic acid groups (broad SMARTS) is 1. The molecule has 2 amide bonds. The number of benzene rings is 2. The molecule has 0 aromatic heterocycles. The number of nitrogens with one attached hydrogen (secondary N) is 1. The van der Waals surface area contributed by atoms with Crippen LogP contribution < -0.4 is 10.2 Å². The lowest BCUT2D eigenvalue weighted by molar-refractivity contribution is -0.116. The van der Waals surface area contributed by atoms with Gasteiger partial charge in [0.05, 0.1) is 17.4 Å². The van der Waals surface area contributed by atoms with Gasteiger partial charge in [-0.15, -0.1) is 0 Å². The number of halogens is 1. The van der Waals surface area contributed by atoms with E-state index >= 15 is 0 Å². The number of anilines is 1. The van der Waals surface area contributed by atoms with E-state index in [2.05, 4.69) is 27.3 Å². The predicted octanol–water partition coefficient (Wildman–Crippen LogP) is 3.25. The van der Waals surface area contributed by atoms with E-state index in [-0.39, 0.29) is 23.3 Å². The van der Waals surface area contributed by atoms with Gasteiger partial charge in [-0.25, -0.2) is 4.79 Å². The van der Waals surface area contributed by atoms with E-state index < -0.39 is 6.09 Å². The van der Waals surface area contributed by atoms with E-state index in [0.717, 1.165) is 34.4 Å². The second-order valence-electron chi connectivity index (χ2n) is 6.40. The van der Waals surface area contributed by atoms with Crippen molar-refractivity contribution in [2.24, 2.45) is 0 Å². The van der Waals surface area contributed by atoms with Crippen molar-refractivity contribution < 1.29 is 14.7 Å². The van der Waals surface area contributed by atoms with Gasteiger partial charge in [-0.3, -0.25) is 4.79 Å². The molecule has 2 aromatic carbocycles. The molecule has 2 N–H and O–H groups in total. The zero-order valence-corrected chi connectivity index (χ0v) is 15.0. The SMILES string of the molecule is O=C(O)N[C@@H]1Cc2cccc3c2[C@@H]1N(C(=O)CBr)c1ccccc1C3. The average Bonchev–Trinajstić information content (AvgIpc) is 2.86. The molecule has 1 aliphatic heterocycles. The number of carbonyl (C=O) groups excluding carboxylic acids is 1. The Morgan fingerprint density at radius 3 is 2.60 bits per heavy atom.